The summed E-state index contributed by atoms with van der Waals surface area (Å²) in [5, 5.41) is 18.4. The first-order valence-electron chi connectivity index (χ1n) is 5.32. The predicted molar refractivity (Wildman–Crippen MR) is 55.5 cm³/mol. The van der Waals surface area contributed by atoms with E-state index >= 15 is 0 Å². The van der Waals surface area contributed by atoms with Gasteiger partial charge in [-0.25, -0.2) is 0 Å². The van der Waals surface area contributed by atoms with Gasteiger partial charge in [0.05, 0.1) is 25.3 Å². The molecule has 0 aromatic rings. The molecule has 3 heteroatoms. The van der Waals surface area contributed by atoms with Crippen LogP contribution in [-0.4, -0.2) is 40.4 Å². The van der Waals surface area contributed by atoms with E-state index in [1.807, 2.05) is 4.90 Å². The number of unbranched alkanes of at least 4 members (excludes halogenated alkanes) is 2. The van der Waals surface area contributed by atoms with E-state index in [0.29, 0.717) is 13.0 Å². The number of hydrogen-bond acceptors (Lipinski definition) is 3. The molecule has 80 valence electrons. The number of β-amino-alcohol motifs (C(OH)–C–C–N with tert-alkyl or cyclic N) is 1. The lowest BCUT2D eigenvalue weighted by atomic mass is 10.2. The minimum atomic E-state index is -0.326. The van der Waals surface area contributed by atoms with Crippen molar-refractivity contribution in [2.45, 2.75) is 44.8 Å². The summed E-state index contributed by atoms with van der Waals surface area (Å²) in [6, 6.07) is 3.04. The molecular formula is C11H19NO2. The van der Waals surface area contributed by atoms with Crippen molar-refractivity contribution < 1.29 is 10.2 Å². The summed E-state index contributed by atoms with van der Waals surface area (Å²) < 4.78 is 0. The van der Waals surface area contributed by atoms with Crippen LogP contribution in [0.4, 0.5) is 0 Å². The van der Waals surface area contributed by atoms with Gasteiger partial charge in [0.15, 0.2) is 0 Å². The Hall–Kier alpha value is -0.720. The van der Waals surface area contributed by atoms with E-state index in [4.69, 9.17) is 5.11 Å². The molecule has 2 atom stereocenters. The van der Waals surface area contributed by atoms with Crippen molar-refractivity contribution in [3.8, 4) is 12.0 Å². The molecule has 0 unspecified atom stereocenters. The van der Waals surface area contributed by atoms with Gasteiger partial charge in [0, 0.05) is 12.5 Å². The zero-order valence-corrected chi connectivity index (χ0v) is 8.74. The van der Waals surface area contributed by atoms with Crippen molar-refractivity contribution in [2.24, 2.45) is 0 Å². The molecular weight excluding hydrogens is 178 g/mol. The third-order valence-electron chi connectivity index (χ3n) is 2.48. The summed E-state index contributed by atoms with van der Waals surface area (Å²) >= 11 is 0. The highest BCUT2D eigenvalue weighted by Gasteiger charge is 2.28. The number of nitrogens with zero attached hydrogens (tertiary/aromatic N) is 1. The maximum Gasteiger partial charge on any atom is 0.0743 e. The van der Waals surface area contributed by atoms with E-state index in [0.717, 1.165) is 19.3 Å². The van der Waals surface area contributed by atoms with Gasteiger partial charge < -0.3 is 15.1 Å². The molecule has 3 nitrogen and oxygen atoms in total. The van der Waals surface area contributed by atoms with E-state index < -0.39 is 0 Å². The molecule has 0 bridgehead atoms. The Kier molecular flexibility index (Phi) is 4.78. The van der Waals surface area contributed by atoms with Crippen molar-refractivity contribution in [1.29, 1.82) is 0 Å². The molecule has 0 saturated carbocycles. The fraction of sp³-hybridized carbons (Fsp3) is 0.818. The molecule has 0 amide bonds. The molecule has 1 aliphatic heterocycles. The number of likely N-dealkylation sites (tertiary alicyclic amines) is 1. The van der Waals surface area contributed by atoms with Gasteiger partial charge >= 0.3 is 0 Å². The molecule has 14 heavy (non-hydrogen) atoms. The zero-order valence-electron chi connectivity index (χ0n) is 8.74. The van der Waals surface area contributed by atoms with E-state index in [-0.39, 0.29) is 18.8 Å². The van der Waals surface area contributed by atoms with Crippen LogP contribution >= 0.6 is 0 Å². The Balaban J connectivity index is 2.37. The molecule has 0 aromatic carbocycles. The van der Waals surface area contributed by atoms with Crippen LogP contribution < -0.4 is 0 Å². The average Bonchev–Trinajstić information content (AvgIpc) is 2.54. The van der Waals surface area contributed by atoms with Crippen LogP contribution in [0.5, 0.6) is 0 Å². The highest BCUT2D eigenvalue weighted by molar-refractivity contribution is 5.04. The van der Waals surface area contributed by atoms with Gasteiger partial charge in [-0.3, -0.25) is 0 Å². The first-order chi connectivity index (χ1) is 6.77. The van der Waals surface area contributed by atoms with Gasteiger partial charge in [0.2, 0.25) is 0 Å². The highest BCUT2D eigenvalue weighted by atomic mass is 16.3. The Morgan fingerprint density at radius 2 is 2.29 bits per heavy atom. The fourth-order valence-corrected chi connectivity index (χ4v) is 1.62. The second kappa shape index (κ2) is 5.90. The Labute approximate surface area is 85.7 Å². The van der Waals surface area contributed by atoms with Crippen molar-refractivity contribution in [3.63, 3.8) is 0 Å². The average molecular weight is 197 g/mol. The quantitative estimate of drug-likeness (QED) is 0.513. The molecule has 0 aromatic heterocycles. The van der Waals surface area contributed by atoms with Gasteiger partial charge in [-0.15, -0.1) is 0 Å². The minimum absolute atomic E-state index is 0.0270. The van der Waals surface area contributed by atoms with E-state index in [1.165, 1.54) is 0 Å². The molecule has 1 rings (SSSR count). The van der Waals surface area contributed by atoms with Crippen LogP contribution in [0.3, 0.4) is 0 Å². The normalized spacial score (nSPS) is 26.1. The lowest BCUT2D eigenvalue weighted by Crippen LogP contribution is -2.27. The minimum Gasteiger partial charge on any atom is -0.394 e. The van der Waals surface area contributed by atoms with E-state index in [2.05, 4.69) is 18.9 Å². The lowest BCUT2D eigenvalue weighted by molar-refractivity contribution is 0.184. The largest absolute Gasteiger partial charge is 0.394 e. The topological polar surface area (TPSA) is 43.7 Å². The Bertz CT molecular complexity index is 219. The second-order valence-corrected chi connectivity index (χ2v) is 3.77. The van der Waals surface area contributed by atoms with Gasteiger partial charge in [0.1, 0.15) is 0 Å². The van der Waals surface area contributed by atoms with Gasteiger partial charge in [-0.1, -0.05) is 19.3 Å². The number of aliphatic hydroxyl groups excluding tert-OH is 2. The summed E-state index contributed by atoms with van der Waals surface area (Å²) in [5.41, 5.74) is 0. The fourth-order valence-electron chi connectivity index (χ4n) is 1.62. The molecule has 1 heterocycles. The Morgan fingerprint density at radius 1 is 1.50 bits per heavy atom. The number of rotatable bonds is 3. The monoisotopic (exact) mass is 197 g/mol. The van der Waals surface area contributed by atoms with E-state index in [9.17, 15) is 5.11 Å². The van der Waals surface area contributed by atoms with Crippen molar-refractivity contribution >= 4 is 0 Å². The highest BCUT2D eigenvalue weighted by Crippen LogP contribution is 2.15. The molecule has 1 aliphatic rings. The molecule has 0 spiro atoms. The molecule has 0 aliphatic carbocycles. The molecule has 2 N–H and O–H groups in total. The number of hydrogen-bond donors (Lipinski definition) is 2. The molecule has 1 saturated heterocycles. The standard InChI is InChI=1S/C11H19NO2/c1-2-3-4-5-6-12-8-11(14)7-10(12)9-13/h10-11,13-14H,2-4,7-9H2,1H3/t10-,11+/m0/s1. The Morgan fingerprint density at radius 3 is 2.93 bits per heavy atom. The van der Waals surface area contributed by atoms with Crippen molar-refractivity contribution in [1.82, 2.24) is 4.90 Å². The third-order valence-corrected chi connectivity index (χ3v) is 2.48. The van der Waals surface area contributed by atoms with Crippen molar-refractivity contribution in [3.05, 3.63) is 0 Å². The summed E-state index contributed by atoms with van der Waals surface area (Å²) in [5.74, 6) is 3.07. The van der Waals surface area contributed by atoms with Crippen LogP contribution in [0.25, 0.3) is 0 Å². The number of aliphatic hydroxyl groups is 2. The summed E-state index contributed by atoms with van der Waals surface area (Å²) in [6.07, 6.45) is 3.49. The van der Waals surface area contributed by atoms with Gasteiger partial charge in [-0.05, 0) is 12.8 Å². The SMILES string of the molecule is CCCCC#CN1C[C@H](O)C[C@H]1CO. The van der Waals surface area contributed by atoms with E-state index in [1.54, 1.807) is 0 Å². The zero-order chi connectivity index (χ0) is 10.4. The maximum absolute atomic E-state index is 9.38. The third kappa shape index (κ3) is 3.21. The van der Waals surface area contributed by atoms with Crippen molar-refractivity contribution in [2.75, 3.05) is 13.2 Å². The molecule has 1 fully saturated rings. The van der Waals surface area contributed by atoms with Crippen LogP contribution in [0.15, 0.2) is 0 Å². The van der Waals surface area contributed by atoms with Crippen LogP contribution in [-0.2, 0) is 0 Å². The summed E-state index contributed by atoms with van der Waals surface area (Å²) in [4.78, 5) is 1.86. The van der Waals surface area contributed by atoms with Gasteiger partial charge in [0.25, 0.3) is 0 Å². The van der Waals surface area contributed by atoms with Crippen LogP contribution in [0.2, 0.25) is 0 Å². The maximum atomic E-state index is 9.38. The van der Waals surface area contributed by atoms with Crippen LogP contribution in [0.1, 0.15) is 32.6 Å². The van der Waals surface area contributed by atoms with Crippen LogP contribution in [0, 0.1) is 12.0 Å². The first-order valence-corrected chi connectivity index (χ1v) is 5.32. The smallest absolute Gasteiger partial charge is 0.0743 e. The van der Waals surface area contributed by atoms with Gasteiger partial charge in [-0.2, -0.15) is 0 Å². The lowest BCUT2D eigenvalue weighted by Gasteiger charge is -2.16. The predicted octanol–water partition coefficient (Wildman–Crippen LogP) is 0.565. The summed E-state index contributed by atoms with van der Waals surface area (Å²) in [7, 11) is 0. The first kappa shape index (κ1) is 11.4. The summed E-state index contributed by atoms with van der Waals surface area (Å²) in [6.45, 7) is 2.79. The second-order valence-electron chi connectivity index (χ2n) is 3.77. The molecule has 0 radical (unpaired) electrons.